The van der Waals surface area contributed by atoms with Crippen LogP contribution in [0.4, 0.5) is 0 Å². The largest absolute Gasteiger partial charge is 0.374 e. The van der Waals surface area contributed by atoms with Gasteiger partial charge in [-0.2, -0.15) is 0 Å². The summed E-state index contributed by atoms with van der Waals surface area (Å²) in [6, 6.07) is 18.1. The summed E-state index contributed by atoms with van der Waals surface area (Å²) in [5.41, 5.74) is 3.44. The van der Waals surface area contributed by atoms with Crippen LogP contribution in [0, 0.1) is 0 Å². The average Bonchev–Trinajstić information content (AvgIpc) is 3.33. The van der Waals surface area contributed by atoms with Crippen LogP contribution in [0.2, 0.25) is 5.02 Å². The van der Waals surface area contributed by atoms with E-state index < -0.39 is 0 Å². The normalized spacial score (nSPS) is 17.8. The smallest absolute Gasteiger partial charge is 0.104 e. The van der Waals surface area contributed by atoms with Gasteiger partial charge in [0.1, 0.15) is 6.10 Å². The first-order chi connectivity index (χ1) is 10.3. The van der Waals surface area contributed by atoms with Crippen LogP contribution in [-0.4, -0.2) is 25.9 Å². The van der Waals surface area contributed by atoms with Gasteiger partial charge in [-0.15, -0.1) is 0 Å². The molecule has 0 unspecified atom stereocenters. The summed E-state index contributed by atoms with van der Waals surface area (Å²) < 4.78 is 10.9. The molecule has 21 heavy (non-hydrogen) atoms. The highest BCUT2D eigenvalue weighted by molar-refractivity contribution is 6.30. The number of hydrogen-bond acceptors (Lipinski definition) is 2. The third kappa shape index (κ3) is 4.43. The molecule has 1 saturated heterocycles. The van der Waals surface area contributed by atoms with Crippen molar-refractivity contribution in [1.29, 1.82) is 0 Å². The molecule has 0 saturated carbocycles. The molecule has 1 atom stereocenters. The quantitative estimate of drug-likeness (QED) is 0.586. The van der Waals surface area contributed by atoms with Gasteiger partial charge in [-0.05, 0) is 34.9 Å². The summed E-state index contributed by atoms with van der Waals surface area (Å²) in [5.74, 6) is 0. The van der Waals surface area contributed by atoms with Gasteiger partial charge in [0.25, 0.3) is 0 Å². The second kappa shape index (κ2) is 6.90. The van der Waals surface area contributed by atoms with Gasteiger partial charge in [-0.1, -0.05) is 54.1 Å². The molecule has 2 aromatic carbocycles. The molecular formula is C18H17ClO2. The fraction of sp³-hybridized carbons (Fsp3) is 0.222. The molecule has 108 valence electrons. The molecule has 0 radical (unpaired) electrons. The van der Waals surface area contributed by atoms with Crippen molar-refractivity contribution in [2.24, 2.45) is 0 Å². The van der Waals surface area contributed by atoms with E-state index in [4.69, 9.17) is 21.1 Å². The number of halogens is 1. The van der Waals surface area contributed by atoms with E-state index in [0.717, 1.165) is 22.8 Å². The van der Waals surface area contributed by atoms with E-state index in [9.17, 15) is 0 Å². The summed E-state index contributed by atoms with van der Waals surface area (Å²) in [6.45, 7) is 2.05. The minimum absolute atomic E-state index is 0.289. The van der Waals surface area contributed by atoms with Crippen LogP contribution < -0.4 is 0 Å². The zero-order valence-corrected chi connectivity index (χ0v) is 12.4. The minimum Gasteiger partial charge on any atom is -0.374 e. The first-order valence-electron chi connectivity index (χ1n) is 7.02. The van der Waals surface area contributed by atoms with E-state index in [2.05, 4.69) is 18.2 Å². The first-order valence-corrected chi connectivity index (χ1v) is 7.40. The molecule has 2 aromatic rings. The Hall–Kier alpha value is -1.61. The predicted octanol–water partition coefficient (Wildman–Crippen LogP) is 4.30. The zero-order valence-electron chi connectivity index (χ0n) is 11.7. The maximum absolute atomic E-state index is 5.93. The van der Waals surface area contributed by atoms with Crippen LogP contribution in [0.1, 0.15) is 11.1 Å². The summed E-state index contributed by atoms with van der Waals surface area (Å²) >= 11 is 5.93. The number of benzene rings is 2. The van der Waals surface area contributed by atoms with Crippen LogP contribution in [0.3, 0.4) is 0 Å². The van der Waals surface area contributed by atoms with Crippen molar-refractivity contribution in [3.05, 3.63) is 70.7 Å². The lowest BCUT2D eigenvalue weighted by Crippen LogP contribution is -2.04. The van der Waals surface area contributed by atoms with Gasteiger partial charge < -0.3 is 9.47 Å². The van der Waals surface area contributed by atoms with Crippen molar-refractivity contribution in [3.8, 4) is 0 Å². The predicted molar refractivity (Wildman–Crippen MR) is 86.3 cm³/mol. The fourth-order valence-electron chi connectivity index (χ4n) is 2.09. The number of ether oxygens (including phenoxy) is 2. The molecule has 3 rings (SSSR count). The van der Waals surface area contributed by atoms with Gasteiger partial charge in [0.15, 0.2) is 0 Å². The molecule has 0 spiro atoms. The highest BCUT2D eigenvalue weighted by Gasteiger charge is 2.22. The van der Waals surface area contributed by atoms with Crippen molar-refractivity contribution in [1.82, 2.24) is 0 Å². The lowest BCUT2D eigenvalue weighted by Gasteiger charge is -2.09. The average molecular weight is 301 g/mol. The molecular weight excluding hydrogens is 284 g/mol. The molecule has 1 heterocycles. The molecule has 1 aliphatic rings. The highest BCUT2D eigenvalue weighted by Crippen LogP contribution is 2.20. The van der Waals surface area contributed by atoms with Crippen molar-refractivity contribution in [2.45, 2.75) is 6.10 Å². The second-order valence-corrected chi connectivity index (χ2v) is 5.49. The van der Waals surface area contributed by atoms with E-state index in [-0.39, 0.29) is 6.10 Å². The van der Waals surface area contributed by atoms with Gasteiger partial charge in [0.05, 0.1) is 19.8 Å². The third-order valence-electron chi connectivity index (χ3n) is 3.32. The summed E-state index contributed by atoms with van der Waals surface area (Å²) in [4.78, 5) is 0. The standard InChI is InChI=1S/C18H17ClO2/c19-17-8-6-14(7-9-17)10-16(11-20-12-18-13-21-18)15-4-2-1-3-5-15/h1-10,18H,11-13H2/b16-10-/t18-/m0/s1. The van der Waals surface area contributed by atoms with Gasteiger partial charge in [0, 0.05) is 5.02 Å². The minimum atomic E-state index is 0.289. The molecule has 2 nitrogen and oxygen atoms in total. The van der Waals surface area contributed by atoms with Crippen molar-refractivity contribution in [2.75, 3.05) is 19.8 Å². The molecule has 3 heteroatoms. The molecule has 0 bridgehead atoms. The molecule has 1 aliphatic heterocycles. The van der Waals surface area contributed by atoms with Crippen LogP contribution >= 0.6 is 11.6 Å². The lowest BCUT2D eigenvalue weighted by molar-refractivity contribution is 0.145. The zero-order chi connectivity index (χ0) is 14.5. The molecule has 0 N–H and O–H groups in total. The Bertz CT molecular complexity index is 601. The lowest BCUT2D eigenvalue weighted by atomic mass is 10.0. The van der Waals surface area contributed by atoms with E-state index in [1.165, 1.54) is 5.56 Å². The Balaban J connectivity index is 1.78. The van der Waals surface area contributed by atoms with E-state index in [1.807, 2.05) is 42.5 Å². The monoisotopic (exact) mass is 300 g/mol. The number of rotatable bonds is 6. The highest BCUT2D eigenvalue weighted by atomic mass is 35.5. The van der Waals surface area contributed by atoms with Gasteiger partial charge >= 0.3 is 0 Å². The van der Waals surface area contributed by atoms with Crippen LogP contribution in [-0.2, 0) is 9.47 Å². The Morgan fingerprint density at radius 1 is 1.14 bits per heavy atom. The number of epoxide rings is 1. The van der Waals surface area contributed by atoms with Crippen molar-refractivity contribution >= 4 is 23.3 Å². The van der Waals surface area contributed by atoms with Crippen LogP contribution in [0.5, 0.6) is 0 Å². The van der Waals surface area contributed by atoms with Crippen LogP contribution in [0.15, 0.2) is 54.6 Å². The van der Waals surface area contributed by atoms with Crippen molar-refractivity contribution < 1.29 is 9.47 Å². The van der Waals surface area contributed by atoms with E-state index in [0.29, 0.717) is 13.2 Å². The maximum atomic E-state index is 5.93. The van der Waals surface area contributed by atoms with Crippen LogP contribution in [0.25, 0.3) is 11.6 Å². The number of hydrogen-bond donors (Lipinski definition) is 0. The van der Waals surface area contributed by atoms with Gasteiger partial charge in [-0.25, -0.2) is 0 Å². The Kier molecular flexibility index (Phi) is 4.71. The molecule has 1 fully saturated rings. The van der Waals surface area contributed by atoms with Crippen molar-refractivity contribution in [3.63, 3.8) is 0 Å². The third-order valence-corrected chi connectivity index (χ3v) is 3.57. The topological polar surface area (TPSA) is 21.8 Å². The van der Waals surface area contributed by atoms with Gasteiger partial charge in [0.2, 0.25) is 0 Å². The first kappa shape index (κ1) is 14.3. The molecule has 0 amide bonds. The van der Waals surface area contributed by atoms with Gasteiger partial charge in [-0.3, -0.25) is 0 Å². The van der Waals surface area contributed by atoms with E-state index in [1.54, 1.807) is 0 Å². The summed E-state index contributed by atoms with van der Waals surface area (Å²) in [7, 11) is 0. The Morgan fingerprint density at radius 2 is 1.86 bits per heavy atom. The van der Waals surface area contributed by atoms with E-state index >= 15 is 0 Å². The summed E-state index contributed by atoms with van der Waals surface area (Å²) in [6.07, 6.45) is 2.43. The Labute approximate surface area is 130 Å². The maximum Gasteiger partial charge on any atom is 0.104 e. The summed E-state index contributed by atoms with van der Waals surface area (Å²) in [5, 5.41) is 0.746. The second-order valence-electron chi connectivity index (χ2n) is 5.06. The molecule has 0 aliphatic carbocycles. The Morgan fingerprint density at radius 3 is 2.52 bits per heavy atom. The fourth-order valence-corrected chi connectivity index (χ4v) is 2.21. The molecule has 0 aromatic heterocycles. The SMILES string of the molecule is Clc1ccc(/C=C(/COC[C@H]2CO2)c2ccccc2)cc1.